The molecule has 0 amide bonds. The third kappa shape index (κ3) is 2.34. The summed E-state index contributed by atoms with van der Waals surface area (Å²) >= 11 is 3.88. The molecule has 2 aliphatic rings. The number of rotatable bonds is 0. The molecule has 5 heteroatoms. The van der Waals surface area contributed by atoms with Crippen LogP contribution in [0.15, 0.2) is 115 Å². The molecule has 0 N–H and O–H groups in total. The maximum Gasteiger partial charge on any atom is 0.333 e. The minimum Gasteiger partial charge on any atom is -0.367 e. The highest BCUT2D eigenvalue weighted by atomic mass is 32.1. The van der Waals surface area contributed by atoms with Crippen molar-refractivity contribution in [3.05, 3.63) is 115 Å². The molecule has 196 valence electrons. The third-order valence-corrected chi connectivity index (χ3v) is 12.4. The van der Waals surface area contributed by atoms with Crippen LogP contribution in [0.3, 0.4) is 0 Å². The van der Waals surface area contributed by atoms with Gasteiger partial charge in [0, 0.05) is 58.2 Å². The molecular weight excluding hydrogens is 559 g/mol. The predicted molar refractivity (Wildman–Crippen MR) is 188 cm³/mol. The predicted octanol–water partition coefficient (Wildman–Crippen LogP) is 9.42. The number of thiophene rings is 2. The molecule has 0 fully saturated rings. The molecule has 2 nitrogen and oxygen atoms in total. The summed E-state index contributed by atoms with van der Waals surface area (Å²) in [4.78, 5) is 2.73. The Balaban J connectivity index is 1.39. The van der Waals surface area contributed by atoms with Crippen LogP contribution >= 0.6 is 22.7 Å². The van der Waals surface area contributed by atoms with Gasteiger partial charge in [-0.3, -0.25) is 0 Å². The smallest absolute Gasteiger partial charge is 0.333 e. The van der Waals surface area contributed by atoms with Crippen molar-refractivity contribution in [2.75, 3.05) is 0 Å². The number of fused-ring (bicyclic) bond motifs is 16. The number of hydrogen-bond acceptors (Lipinski definition) is 2. The Morgan fingerprint density at radius 1 is 0.512 bits per heavy atom. The van der Waals surface area contributed by atoms with E-state index >= 15 is 0 Å². The minimum atomic E-state index is 0.101. The minimum absolute atomic E-state index is 0.101. The first-order valence-electron chi connectivity index (χ1n) is 14.8. The van der Waals surface area contributed by atoms with Crippen LogP contribution in [0.4, 0.5) is 0 Å². The standard InChI is InChI=1S/C38H19BN2S2/c1-2-10-21-20(9-1)19-27-22-13-7-14-25-32-24-12-4-6-18-30(24)43-38(32)41(34(22)25)39-28-16-8-15-26-31-23-11-3-5-17-29(23)42-37(31)40(35(26)28)36(21)33(27)39/h1-19H. The Bertz CT molecular complexity index is 2910. The lowest BCUT2D eigenvalue weighted by molar-refractivity contribution is 1.21. The molecule has 0 atom stereocenters. The monoisotopic (exact) mass is 578 g/mol. The van der Waals surface area contributed by atoms with Crippen LogP contribution in [-0.2, 0) is 0 Å². The number of benzene rings is 6. The van der Waals surface area contributed by atoms with Crippen LogP contribution in [0.5, 0.6) is 0 Å². The van der Waals surface area contributed by atoms with Gasteiger partial charge in [-0.05, 0) is 40.1 Å². The van der Waals surface area contributed by atoms with Crippen molar-refractivity contribution in [1.82, 2.24) is 9.05 Å². The van der Waals surface area contributed by atoms with Gasteiger partial charge in [-0.2, -0.15) is 0 Å². The number of aromatic nitrogens is 2. The van der Waals surface area contributed by atoms with E-state index in [0.717, 1.165) is 0 Å². The van der Waals surface area contributed by atoms with Gasteiger partial charge in [0.15, 0.2) is 0 Å². The summed E-state index contributed by atoms with van der Waals surface area (Å²) in [5.41, 5.74) is 9.65. The van der Waals surface area contributed by atoms with Crippen molar-refractivity contribution >= 4 is 114 Å². The zero-order valence-electron chi connectivity index (χ0n) is 22.8. The molecule has 4 aromatic heterocycles. The van der Waals surface area contributed by atoms with Gasteiger partial charge >= 0.3 is 6.85 Å². The molecule has 2 aliphatic heterocycles. The first-order chi connectivity index (χ1) is 21.4. The highest BCUT2D eigenvalue weighted by molar-refractivity contribution is 7.26. The van der Waals surface area contributed by atoms with E-state index in [1.54, 1.807) is 0 Å². The molecule has 6 aromatic carbocycles. The summed E-state index contributed by atoms with van der Waals surface area (Å²) < 4.78 is 8.06. The number of nitrogens with zero attached hydrogens (tertiary/aromatic N) is 2. The van der Waals surface area contributed by atoms with Gasteiger partial charge in [0.25, 0.3) is 0 Å². The van der Waals surface area contributed by atoms with Crippen molar-refractivity contribution < 1.29 is 0 Å². The molecule has 12 rings (SSSR count). The van der Waals surface area contributed by atoms with Crippen LogP contribution in [0.2, 0.25) is 0 Å². The van der Waals surface area contributed by atoms with E-state index in [1.807, 2.05) is 22.7 Å². The third-order valence-electron chi connectivity index (χ3n) is 10.1. The first-order valence-corrected chi connectivity index (χ1v) is 16.5. The maximum atomic E-state index is 2.71. The molecule has 0 unspecified atom stereocenters. The van der Waals surface area contributed by atoms with Crippen molar-refractivity contribution in [2.24, 2.45) is 0 Å². The lowest BCUT2D eigenvalue weighted by Crippen LogP contribution is -2.55. The van der Waals surface area contributed by atoms with E-state index in [0.29, 0.717) is 0 Å². The summed E-state index contributed by atoms with van der Waals surface area (Å²) in [7, 11) is 0. The van der Waals surface area contributed by atoms with Crippen molar-refractivity contribution in [3.8, 4) is 16.8 Å². The van der Waals surface area contributed by atoms with Crippen molar-refractivity contribution in [1.29, 1.82) is 0 Å². The molecule has 0 bridgehead atoms. The fraction of sp³-hybridized carbons (Fsp3) is 0. The molecule has 0 spiro atoms. The van der Waals surface area contributed by atoms with E-state index in [-0.39, 0.29) is 6.85 Å². The fourth-order valence-electron chi connectivity index (χ4n) is 8.54. The van der Waals surface area contributed by atoms with Gasteiger partial charge in [0.2, 0.25) is 0 Å². The van der Waals surface area contributed by atoms with Crippen LogP contribution in [-0.4, -0.2) is 15.9 Å². The lowest BCUT2D eigenvalue weighted by atomic mass is 9.45. The molecule has 0 saturated heterocycles. The molecule has 0 saturated carbocycles. The van der Waals surface area contributed by atoms with E-state index in [1.165, 1.54) is 101 Å². The lowest BCUT2D eigenvalue weighted by Gasteiger charge is -2.34. The SMILES string of the molecule is c1ccc2c3c4c(cc2c1)-c1cccc2c5c6ccccc6sc5n(c12)B4c1cccc2c4c5ccccc5sc4n-3c12. The van der Waals surface area contributed by atoms with Gasteiger partial charge in [-0.25, -0.2) is 0 Å². The quantitative estimate of drug-likeness (QED) is 0.159. The van der Waals surface area contributed by atoms with E-state index in [4.69, 9.17) is 0 Å². The van der Waals surface area contributed by atoms with Gasteiger partial charge in [0.1, 0.15) is 4.83 Å². The zero-order valence-corrected chi connectivity index (χ0v) is 24.4. The topological polar surface area (TPSA) is 9.86 Å². The molecular formula is C38H19BN2S2. The van der Waals surface area contributed by atoms with Crippen LogP contribution in [0, 0.1) is 0 Å². The van der Waals surface area contributed by atoms with Gasteiger partial charge in [-0.15, -0.1) is 22.7 Å². The second kappa shape index (κ2) is 7.20. The number of para-hydroxylation sites is 2. The highest BCUT2D eigenvalue weighted by Crippen LogP contribution is 2.49. The van der Waals surface area contributed by atoms with Gasteiger partial charge in [0.05, 0.1) is 16.0 Å². The fourth-order valence-corrected chi connectivity index (χ4v) is 11.0. The average molecular weight is 579 g/mol. The summed E-state index contributed by atoms with van der Waals surface area (Å²) in [6.45, 7) is 0.101. The Kier molecular flexibility index (Phi) is 3.65. The van der Waals surface area contributed by atoms with Gasteiger partial charge < -0.3 is 9.05 Å². The van der Waals surface area contributed by atoms with E-state index < -0.39 is 0 Å². The Morgan fingerprint density at radius 2 is 1.14 bits per heavy atom. The average Bonchev–Trinajstić information content (AvgIpc) is 3.79. The summed E-state index contributed by atoms with van der Waals surface area (Å²) in [6.07, 6.45) is 0. The van der Waals surface area contributed by atoms with Crippen molar-refractivity contribution in [2.45, 2.75) is 0 Å². The molecule has 6 heterocycles. The zero-order chi connectivity index (χ0) is 27.6. The van der Waals surface area contributed by atoms with Crippen LogP contribution in [0.25, 0.3) is 90.0 Å². The largest absolute Gasteiger partial charge is 0.367 e. The summed E-state index contributed by atoms with van der Waals surface area (Å²) in [6, 6.07) is 43.4. The molecule has 0 aliphatic carbocycles. The molecule has 43 heavy (non-hydrogen) atoms. The highest BCUT2D eigenvalue weighted by Gasteiger charge is 2.42. The molecule has 10 aromatic rings. The molecule has 0 radical (unpaired) electrons. The van der Waals surface area contributed by atoms with Crippen molar-refractivity contribution in [3.63, 3.8) is 0 Å². The maximum absolute atomic E-state index is 2.71. The second-order valence-electron chi connectivity index (χ2n) is 12.0. The number of hydrogen-bond donors (Lipinski definition) is 0. The van der Waals surface area contributed by atoms with Crippen LogP contribution in [0.1, 0.15) is 0 Å². The normalized spacial score (nSPS) is 13.5. The van der Waals surface area contributed by atoms with Gasteiger partial charge in [-0.1, -0.05) is 97.1 Å². The summed E-state index contributed by atoms with van der Waals surface area (Å²) in [5.74, 6) is 0. The Labute approximate surface area is 253 Å². The first kappa shape index (κ1) is 21.8. The van der Waals surface area contributed by atoms with E-state index in [2.05, 4.69) is 124 Å². The Hall–Kier alpha value is -4.84. The second-order valence-corrected chi connectivity index (χ2v) is 14.1. The summed E-state index contributed by atoms with van der Waals surface area (Å²) in [5, 5.41) is 10.9. The van der Waals surface area contributed by atoms with Crippen LogP contribution < -0.4 is 10.9 Å². The Morgan fingerprint density at radius 3 is 1.95 bits per heavy atom. The van der Waals surface area contributed by atoms with E-state index in [9.17, 15) is 0 Å².